The molecule has 0 bridgehead atoms. The van der Waals surface area contributed by atoms with Crippen molar-refractivity contribution in [2.45, 2.75) is 13.2 Å². The molecule has 0 aliphatic carbocycles. The maximum atomic E-state index is 5.90. The van der Waals surface area contributed by atoms with Crippen LogP contribution in [0.3, 0.4) is 0 Å². The fourth-order valence-electron chi connectivity index (χ4n) is 1.76. The molecule has 1 aromatic carbocycles. The zero-order chi connectivity index (χ0) is 15.1. The topological polar surface area (TPSA) is 30.5 Å². The molecule has 2 rings (SSSR count). The van der Waals surface area contributed by atoms with Crippen LogP contribution in [0.15, 0.2) is 34.8 Å². The zero-order valence-electron chi connectivity index (χ0n) is 11.7. The van der Waals surface area contributed by atoms with Crippen molar-refractivity contribution in [2.75, 3.05) is 20.3 Å². The summed E-state index contributed by atoms with van der Waals surface area (Å²) in [5.41, 5.74) is 1.20. The van der Waals surface area contributed by atoms with Gasteiger partial charge in [-0.05, 0) is 45.8 Å². The fraction of sp³-hybridized carbons (Fsp3) is 0.333. The second-order valence-electron chi connectivity index (χ2n) is 4.43. The Kier molecular flexibility index (Phi) is 6.99. The maximum Gasteiger partial charge on any atom is 0.134 e. The standard InChI is InChI=1S/C15H17BrClNO2S/c1-19-7-6-18-9-11-2-4-14(13(16)8-11)20-10-12-3-5-15(17)21-12/h2-5,8,18H,6-7,9-10H2,1H3. The SMILES string of the molecule is COCCNCc1ccc(OCc2ccc(Cl)s2)c(Br)c1. The van der Waals surface area contributed by atoms with Crippen LogP contribution in [0.4, 0.5) is 0 Å². The number of rotatable bonds is 8. The smallest absolute Gasteiger partial charge is 0.134 e. The van der Waals surface area contributed by atoms with E-state index in [-0.39, 0.29) is 0 Å². The maximum absolute atomic E-state index is 5.90. The highest BCUT2D eigenvalue weighted by Crippen LogP contribution is 2.28. The molecule has 1 aromatic heterocycles. The van der Waals surface area contributed by atoms with E-state index in [2.05, 4.69) is 33.4 Å². The summed E-state index contributed by atoms with van der Waals surface area (Å²) in [6.07, 6.45) is 0. The van der Waals surface area contributed by atoms with Crippen LogP contribution in [0.5, 0.6) is 5.75 Å². The van der Waals surface area contributed by atoms with E-state index in [1.165, 1.54) is 16.9 Å². The van der Waals surface area contributed by atoms with Gasteiger partial charge in [-0.15, -0.1) is 11.3 Å². The summed E-state index contributed by atoms with van der Waals surface area (Å²) in [7, 11) is 1.70. The van der Waals surface area contributed by atoms with Gasteiger partial charge < -0.3 is 14.8 Å². The molecule has 0 radical (unpaired) electrons. The van der Waals surface area contributed by atoms with Crippen LogP contribution >= 0.6 is 38.9 Å². The van der Waals surface area contributed by atoms with Gasteiger partial charge in [0, 0.05) is 25.1 Å². The van der Waals surface area contributed by atoms with E-state index >= 15 is 0 Å². The molecule has 0 atom stereocenters. The minimum absolute atomic E-state index is 0.529. The van der Waals surface area contributed by atoms with Crippen LogP contribution in [0, 0.1) is 0 Å². The Labute approximate surface area is 142 Å². The number of halogens is 2. The molecule has 2 aromatic rings. The zero-order valence-corrected chi connectivity index (χ0v) is 14.9. The number of hydrogen-bond donors (Lipinski definition) is 1. The summed E-state index contributed by atoms with van der Waals surface area (Å²) in [5.74, 6) is 0.833. The van der Waals surface area contributed by atoms with Gasteiger partial charge in [-0.1, -0.05) is 17.7 Å². The van der Waals surface area contributed by atoms with Crippen LogP contribution in [0.25, 0.3) is 0 Å². The molecule has 0 fully saturated rings. The van der Waals surface area contributed by atoms with E-state index in [0.717, 1.165) is 32.5 Å². The van der Waals surface area contributed by atoms with E-state index in [1.54, 1.807) is 7.11 Å². The highest BCUT2D eigenvalue weighted by atomic mass is 79.9. The van der Waals surface area contributed by atoms with Gasteiger partial charge in [-0.2, -0.15) is 0 Å². The summed E-state index contributed by atoms with van der Waals surface area (Å²) in [5, 5.41) is 3.31. The molecule has 0 unspecified atom stereocenters. The van der Waals surface area contributed by atoms with Gasteiger partial charge in [0.1, 0.15) is 12.4 Å². The summed E-state index contributed by atoms with van der Waals surface area (Å²) < 4.78 is 12.5. The van der Waals surface area contributed by atoms with Crippen molar-refractivity contribution in [3.8, 4) is 5.75 Å². The molecule has 21 heavy (non-hydrogen) atoms. The predicted molar refractivity (Wildman–Crippen MR) is 91.4 cm³/mol. The van der Waals surface area contributed by atoms with Gasteiger partial charge in [0.25, 0.3) is 0 Å². The van der Waals surface area contributed by atoms with Crippen LogP contribution in [0.2, 0.25) is 4.34 Å². The second kappa shape index (κ2) is 8.76. The predicted octanol–water partition coefficient (Wildman–Crippen LogP) is 4.48. The van der Waals surface area contributed by atoms with E-state index in [4.69, 9.17) is 21.1 Å². The van der Waals surface area contributed by atoms with Gasteiger partial charge in [0.15, 0.2) is 0 Å². The average Bonchev–Trinajstić information content (AvgIpc) is 2.88. The van der Waals surface area contributed by atoms with Crippen LogP contribution in [0.1, 0.15) is 10.4 Å². The van der Waals surface area contributed by atoms with Crippen molar-refractivity contribution in [2.24, 2.45) is 0 Å². The molecule has 0 saturated heterocycles. The Bertz CT molecular complexity index is 577. The number of methoxy groups -OCH3 is 1. The molecule has 3 nitrogen and oxygen atoms in total. The first-order chi connectivity index (χ1) is 10.2. The third-order valence-corrected chi connectivity index (χ3v) is 4.63. The highest BCUT2D eigenvalue weighted by molar-refractivity contribution is 9.10. The number of thiophene rings is 1. The van der Waals surface area contributed by atoms with Gasteiger partial charge in [0.05, 0.1) is 15.4 Å². The normalized spacial score (nSPS) is 10.8. The Morgan fingerprint density at radius 2 is 2.14 bits per heavy atom. The van der Waals surface area contributed by atoms with Crippen LogP contribution in [-0.2, 0) is 17.9 Å². The first kappa shape index (κ1) is 16.8. The Morgan fingerprint density at radius 3 is 2.81 bits per heavy atom. The lowest BCUT2D eigenvalue weighted by molar-refractivity contribution is 0.199. The van der Waals surface area contributed by atoms with E-state index in [0.29, 0.717) is 13.2 Å². The lowest BCUT2D eigenvalue weighted by atomic mass is 10.2. The van der Waals surface area contributed by atoms with Gasteiger partial charge in [-0.25, -0.2) is 0 Å². The highest BCUT2D eigenvalue weighted by Gasteiger charge is 2.05. The van der Waals surface area contributed by atoms with Crippen molar-refractivity contribution in [3.63, 3.8) is 0 Å². The fourth-order valence-corrected chi connectivity index (χ4v) is 3.30. The summed E-state index contributed by atoms with van der Waals surface area (Å²) in [4.78, 5) is 1.11. The second-order valence-corrected chi connectivity index (χ2v) is 7.08. The monoisotopic (exact) mass is 389 g/mol. The third-order valence-electron chi connectivity index (χ3n) is 2.81. The lowest BCUT2D eigenvalue weighted by Crippen LogP contribution is -2.18. The molecular formula is C15H17BrClNO2S. The van der Waals surface area contributed by atoms with Crippen molar-refractivity contribution >= 4 is 38.9 Å². The number of hydrogen-bond acceptors (Lipinski definition) is 4. The first-order valence-electron chi connectivity index (χ1n) is 6.54. The van der Waals surface area contributed by atoms with E-state index < -0.39 is 0 Å². The largest absolute Gasteiger partial charge is 0.487 e. The van der Waals surface area contributed by atoms with Gasteiger partial charge in [-0.3, -0.25) is 0 Å². The van der Waals surface area contributed by atoms with E-state index in [9.17, 15) is 0 Å². The van der Waals surface area contributed by atoms with Crippen molar-refractivity contribution in [1.29, 1.82) is 0 Å². The molecule has 0 amide bonds. The molecular weight excluding hydrogens is 374 g/mol. The molecule has 114 valence electrons. The molecule has 1 N–H and O–H groups in total. The van der Waals surface area contributed by atoms with Crippen LogP contribution < -0.4 is 10.1 Å². The Hall–Kier alpha value is -0.590. The van der Waals surface area contributed by atoms with Crippen molar-refractivity contribution in [1.82, 2.24) is 5.32 Å². The molecule has 0 aliphatic heterocycles. The molecule has 0 aliphatic rings. The quantitative estimate of drug-likeness (QED) is 0.674. The average molecular weight is 391 g/mol. The van der Waals surface area contributed by atoms with E-state index in [1.807, 2.05) is 18.2 Å². The summed E-state index contributed by atoms with van der Waals surface area (Å²) in [6.45, 7) is 2.89. The summed E-state index contributed by atoms with van der Waals surface area (Å²) in [6, 6.07) is 9.97. The number of nitrogens with one attached hydrogen (secondary N) is 1. The van der Waals surface area contributed by atoms with Crippen molar-refractivity contribution in [3.05, 3.63) is 49.6 Å². The molecule has 0 spiro atoms. The minimum atomic E-state index is 0.529. The minimum Gasteiger partial charge on any atom is -0.487 e. The molecule has 6 heteroatoms. The molecule has 0 saturated carbocycles. The first-order valence-corrected chi connectivity index (χ1v) is 8.53. The summed E-state index contributed by atoms with van der Waals surface area (Å²) >= 11 is 11.0. The van der Waals surface area contributed by atoms with Crippen LogP contribution in [-0.4, -0.2) is 20.3 Å². The van der Waals surface area contributed by atoms with Crippen molar-refractivity contribution < 1.29 is 9.47 Å². The van der Waals surface area contributed by atoms with Gasteiger partial charge >= 0.3 is 0 Å². The number of benzene rings is 1. The van der Waals surface area contributed by atoms with Gasteiger partial charge in [0.2, 0.25) is 0 Å². The Balaban J connectivity index is 1.86. The third kappa shape index (κ3) is 5.60. The molecule has 1 heterocycles. The Morgan fingerprint density at radius 1 is 1.29 bits per heavy atom. The lowest BCUT2D eigenvalue weighted by Gasteiger charge is -2.10. The number of ether oxygens (including phenoxy) is 2.